The van der Waals surface area contributed by atoms with Crippen LogP contribution in [0.3, 0.4) is 0 Å². The minimum Gasteiger partial charge on any atom is -0.444 e. The van der Waals surface area contributed by atoms with Gasteiger partial charge in [-0.25, -0.2) is 4.79 Å². The van der Waals surface area contributed by atoms with Crippen molar-refractivity contribution in [2.45, 2.75) is 64.1 Å². The molecule has 5 heteroatoms. The summed E-state index contributed by atoms with van der Waals surface area (Å²) in [6.45, 7) is 7.11. The fourth-order valence-corrected chi connectivity index (χ4v) is 4.73. The first-order chi connectivity index (χ1) is 11.6. The maximum Gasteiger partial charge on any atom is 0.410 e. The Hall–Kier alpha value is -1.07. The molecule has 2 aliphatic rings. The van der Waals surface area contributed by atoms with Crippen molar-refractivity contribution in [2.75, 3.05) is 13.1 Å². The Kier molecular flexibility index (Phi) is 4.93. The highest BCUT2D eigenvalue weighted by Gasteiger charge is 2.50. The van der Waals surface area contributed by atoms with E-state index in [1.165, 1.54) is 0 Å². The number of amides is 1. The van der Waals surface area contributed by atoms with Gasteiger partial charge in [0.05, 0.1) is 5.60 Å². The number of carbonyl (C=O) groups is 1. The van der Waals surface area contributed by atoms with Crippen molar-refractivity contribution in [3.05, 3.63) is 34.3 Å². The third-order valence-corrected chi connectivity index (χ3v) is 5.90. The van der Waals surface area contributed by atoms with Crippen LogP contribution in [-0.4, -0.2) is 34.8 Å². The predicted octanol–water partition coefficient (Wildman–Crippen LogP) is 4.84. The second kappa shape index (κ2) is 6.58. The third kappa shape index (κ3) is 4.20. The molecule has 4 nitrogen and oxygen atoms in total. The second-order valence-electron chi connectivity index (χ2n) is 8.72. The van der Waals surface area contributed by atoms with Crippen LogP contribution in [0.15, 0.2) is 28.7 Å². The molecule has 0 bridgehead atoms. The van der Waals surface area contributed by atoms with Gasteiger partial charge in [-0.15, -0.1) is 0 Å². The predicted molar refractivity (Wildman–Crippen MR) is 101 cm³/mol. The van der Waals surface area contributed by atoms with Crippen LogP contribution in [0.25, 0.3) is 0 Å². The van der Waals surface area contributed by atoms with Crippen molar-refractivity contribution >= 4 is 22.0 Å². The summed E-state index contributed by atoms with van der Waals surface area (Å²) in [6, 6.07) is 7.95. The zero-order valence-corrected chi connectivity index (χ0v) is 16.9. The van der Waals surface area contributed by atoms with Crippen LogP contribution in [0.2, 0.25) is 0 Å². The molecule has 0 radical (unpaired) electrons. The van der Waals surface area contributed by atoms with E-state index >= 15 is 0 Å². The van der Waals surface area contributed by atoms with Gasteiger partial charge >= 0.3 is 6.09 Å². The topological polar surface area (TPSA) is 49.8 Å². The first-order valence-electron chi connectivity index (χ1n) is 9.07. The average molecular weight is 410 g/mol. The number of benzene rings is 1. The Labute approximate surface area is 158 Å². The van der Waals surface area contributed by atoms with Gasteiger partial charge in [-0.2, -0.15) is 0 Å². The van der Waals surface area contributed by atoms with Crippen molar-refractivity contribution in [2.24, 2.45) is 5.41 Å². The summed E-state index contributed by atoms with van der Waals surface area (Å²) in [6.07, 6.45) is 4.18. The van der Waals surface area contributed by atoms with Gasteiger partial charge < -0.3 is 14.7 Å². The van der Waals surface area contributed by atoms with Gasteiger partial charge in [-0.1, -0.05) is 28.1 Å². The van der Waals surface area contributed by atoms with Gasteiger partial charge in [0.2, 0.25) is 0 Å². The highest BCUT2D eigenvalue weighted by molar-refractivity contribution is 9.10. The highest BCUT2D eigenvalue weighted by atomic mass is 79.9. The van der Waals surface area contributed by atoms with Crippen LogP contribution in [0.4, 0.5) is 4.79 Å². The van der Waals surface area contributed by atoms with Crippen LogP contribution >= 0.6 is 15.9 Å². The van der Waals surface area contributed by atoms with E-state index in [-0.39, 0.29) is 11.5 Å². The summed E-state index contributed by atoms with van der Waals surface area (Å²) in [4.78, 5) is 14.3. The summed E-state index contributed by atoms with van der Waals surface area (Å²) in [5, 5.41) is 11.3. The van der Waals surface area contributed by atoms with Crippen LogP contribution in [0.5, 0.6) is 0 Å². The lowest BCUT2D eigenvalue weighted by molar-refractivity contribution is -0.00904. The van der Waals surface area contributed by atoms with Gasteiger partial charge in [0.15, 0.2) is 0 Å². The number of piperidine rings is 1. The van der Waals surface area contributed by atoms with Crippen molar-refractivity contribution in [1.82, 2.24) is 4.90 Å². The molecule has 25 heavy (non-hydrogen) atoms. The van der Waals surface area contributed by atoms with E-state index in [2.05, 4.69) is 15.9 Å². The SMILES string of the molecule is CC(C)(C)OC(=O)N1CCCC2(CCC(O)(c3cccc(Br)c3)C2)C1. The van der Waals surface area contributed by atoms with Crippen molar-refractivity contribution in [3.8, 4) is 0 Å². The van der Waals surface area contributed by atoms with Crippen LogP contribution < -0.4 is 0 Å². The van der Waals surface area contributed by atoms with Gasteiger partial charge in [-0.3, -0.25) is 0 Å². The van der Waals surface area contributed by atoms with Crippen LogP contribution in [0.1, 0.15) is 58.4 Å². The molecular formula is C20H28BrNO3. The number of hydrogen-bond donors (Lipinski definition) is 1. The molecule has 1 N–H and O–H groups in total. The smallest absolute Gasteiger partial charge is 0.410 e. The van der Waals surface area contributed by atoms with E-state index < -0.39 is 11.2 Å². The Balaban J connectivity index is 1.74. The molecule has 1 heterocycles. The van der Waals surface area contributed by atoms with Crippen molar-refractivity contribution in [3.63, 3.8) is 0 Å². The molecule has 1 aromatic rings. The molecule has 2 fully saturated rings. The minimum atomic E-state index is -0.805. The number of rotatable bonds is 1. The number of aliphatic hydroxyl groups is 1. The summed E-state index contributed by atoms with van der Waals surface area (Å²) in [7, 11) is 0. The zero-order chi connectivity index (χ0) is 18.3. The summed E-state index contributed by atoms with van der Waals surface area (Å²) in [5.41, 5.74) is -0.324. The standard InChI is InChI=1S/C20H28BrNO3/c1-18(2,3)25-17(23)22-11-5-8-19(14-22)9-10-20(24,13-19)15-6-4-7-16(21)12-15/h4,6-7,12,24H,5,8-11,13-14H2,1-3H3. The van der Waals surface area contributed by atoms with Gasteiger partial charge in [0.1, 0.15) is 5.60 Å². The maximum atomic E-state index is 12.5. The zero-order valence-electron chi connectivity index (χ0n) is 15.3. The van der Waals surface area contributed by atoms with E-state index in [0.717, 1.165) is 42.3 Å². The number of likely N-dealkylation sites (tertiary alicyclic amines) is 1. The first-order valence-corrected chi connectivity index (χ1v) is 9.87. The number of carbonyl (C=O) groups excluding carboxylic acids is 1. The Morgan fingerprint density at radius 2 is 2.04 bits per heavy atom. The molecule has 2 unspecified atom stereocenters. The third-order valence-electron chi connectivity index (χ3n) is 5.41. The Bertz CT molecular complexity index is 657. The van der Waals surface area contributed by atoms with Gasteiger partial charge in [0, 0.05) is 17.6 Å². The number of hydrogen-bond acceptors (Lipinski definition) is 3. The molecule has 138 valence electrons. The molecule has 1 saturated carbocycles. The molecule has 1 aliphatic heterocycles. The molecule has 1 saturated heterocycles. The Morgan fingerprint density at radius 1 is 1.28 bits per heavy atom. The molecular weight excluding hydrogens is 382 g/mol. The number of nitrogens with zero attached hydrogens (tertiary/aromatic N) is 1. The monoisotopic (exact) mass is 409 g/mol. The quantitative estimate of drug-likeness (QED) is 0.721. The second-order valence-corrected chi connectivity index (χ2v) is 9.64. The highest BCUT2D eigenvalue weighted by Crippen LogP contribution is 2.53. The maximum absolute atomic E-state index is 12.5. The molecule has 1 spiro atoms. The minimum absolute atomic E-state index is 0.00772. The normalized spacial score (nSPS) is 29.9. The largest absolute Gasteiger partial charge is 0.444 e. The van der Waals surface area contributed by atoms with E-state index in [4.69, 9.17) is 4.74 Å². The summed E-state index contributed by atoms with van der Waals surface area (Å²) in [5.74, 6) is 0. The van der Waals surface area contributed by atoms with E-state index in [1.807, 2.05) is 49.9 Å². The van der Waals surface area contributed by atoms with E-state index in [1.54, 1.807) is 0 Å². The molecule has 1 amide bonds. The van der Waals surface area contributed by atoms with Crippen molar-refractivity contribution < 1.29 is 14.6 Å². The lowest BCUT2D eigenvalue weighted by Gasteiger charge is -2.41. The molecule has 3 rings (SSSR count). The lowest BCUT2D eigenvalue weighted by Crippen LogP contribution is -2.47. The van der Waals surface area contributed by atoms with E-state index in [9.17, 15) is 9.90 Å². The van der Waals surface area contributed by atoms with Gasteiger partial charge in [-0.05, 0) is 76.0 Å². The first kappa shape index (κ1) is 18.7. The molecule has 1 aromatic carbocycles. The van der Waals surface area contributed by atoms with Crippen molar-refractivity contribution in [1.29, 1.82) is 0 Å². The molecule has 2 atom stereocenters. The average Bonchev–Trinajstić information content (AvgIpc) is 2.83. The fraction of sp³-hybridized carbons (Fsp3) is 0.650. The van der Waals surface area contributed by atoms with E-state index in [0.29, 0.717) is 13.0 Å². The lowest BCUT2D eigenvalue weighted by atomic mass is 9.76. The number of ether oxygens (including phenoxy) is 1. The molecule has 0 aromatic heterocycles. The summed E-state index contributed by atoms with van der Waals surface area (Å²) >= 11 is 3.50. The fourth-order valence-electron chi connectivity index (χ4n) is 4.33. The molecule has 1 aliphatic carbocycles. The van der Waals surface area contributed by atoms with Crippen LogP contribution in [-0.2, 0) is 10.3 Å². The summed E-state index contributed by atoms with van der Waals surface area (Å²) < 4.78 is 6.54. The van der Waals surface area contributed by atoms with Crippen LogP contribution in [0, 0.1) is 5.41 Å². The van der Waals surface area contributed by atoms with Gasteiger partial charge in [0.25, 0.3) is 0 Å². The Morgan fingerprint density at radius 3 is 2.72 bits per heavy atom. The number of halogens is 1.